The zero-order valence-electron chi connectivity index (χ0n) is 20.4. The van der Waals surface area contributed by atoms with Crippen LogP contribution in [0, 0.1) is 17.3 Å². The quantitative estimate of drug-likeness (QED) is 0.366. The van der Waals surface area contributed by atoms with Crippen molar-refractivity contribution in [1.29, 1.82) is 0 Å². The third kappa shape index (κ3) is 4.76. The fourth-order valence-corrected chi connectivity index (χ4v) is 4.90. The molecule has 5 N–H and O–H groups in total. The van der Waals surface area contributed by atoms with E-state index in [1.165, 1.54) is 0 Å². The Morgan fingerprint density at radius 1 is 1.22 bits per heavy atom. The maximum Gasteiger partial charge on any atom is 0.163 e. The van der Waals surface area contributed by atoms with E-state index in [0.29, 0.717) is 23.1 Å². The summed E-state index contributed by atoms with van der Waals surface area (Å²) in [6.07, 6.45) is 4.37. The highest BCUT2D eigenvalue weighted by Crippen LogP contribution is 2.40. The lowest BCUT2D eigenvalue weighted by Gasteiger charge is -2.32. The van der Waals surface area contributed by atoms with Crippen LogP contribution in [0.15, 0.2) is 59.7 Å². The standard InChI is InChI=1S/C28H29ClN6O/c1-27(10-12-35(2)17-27)9-8-19-13-25-22(15-24(19)30)28(31,34-18-33-25)20-6-7-26(23(29)14-20)36-16-21-5-3-4-11-32-21/h3-7,11,13-15,18H,10,12,16-17,30-31H2,1-2H3,(H,33,34). The van der Waals surface area contributed by atoms with Crippen LogP contribution in [0.25, 0.3) is 0 Å². The van der Waals surface area contributed by atoms with Crippen molar-refractivity contribution in [2.45, 2.75) is 25.6 Å². The van der Waals surface area contributed by atoms with Gasteiger partial charge >= 0.3 is 0 Å². The van der Waals surface area contributed by atoms with Crippen molar-refractivity contribution in [3.05, 3.63) is 82.1 Å². The summed E-state index contributed by atoms with van der Waals surface area (Å²) in [4.78, 5) is 11.1. The number of nitrogen functional groups attached to an aromatic ring is 1. The second-order valence-electron chi connectivity index (χ2n) is 9.71. The molecule has 2 aromatic carbocycles. The first-order valence-corrected chi connectivity index (χ1v) is 12.2. The van der Waals surface area contributed by atoms with Crippen molar-refractivity contribution >= 4 is 29.3 Å². The predicted octanol–water partition coefficient (Wildman–Crippen LogP) is 4.20. The lowest BCUT2D eigenvalue weighted by molar-refractivity contribution is 0.301. The minimum absolute atomic E-state index is 0.0409. The zero-order valence-corrected chi connectivity index (χ0v) is 21.1. The number of nitrogens with two attached hydrogens (primary N) is 2. The van der Waals surface area contributed by atoms with E-state index in [1.54, 1.807) is 24.7 Å². The van der Waals surface area contributed by atoms with E-state index in [1.807, 2.05) is 36.4 Å². The summed E-state index contributed by atoms with van der Waals surface area (Å²) in [7, 11) is 2.12. The van der Waals surface area contributed by atoms with Crippen LogP contribution in [-0.2, 0) is 12.3 Å². The van der Waals surface area contributed by atoms with Gasteiger partial charge in [0.15, 0.2) is 5.66 Å². The van der Waals surface area contributed by atoms with Crippen LogP contribution >= 0.6 is 11.6 Å². The number of pyridine rings is 1. The summed E-state index contributed by atoms with van der Waals surface area (Å²) in [5.41, 5.74) is 16.5. The number of rotatable bonds is 4. The van der Waals surface area contributed by atoms with Crippen molar-refractivity contribution in [2.75, 3.05) is 31.2 Å². The van der Waals surface area contributed by atoms with Gasteiger partial charge in [-0.2, -0.15) is 0 Å². The zero-order chi connectivity index (χ0) is 25.3. The van der Waals surface area contributed by atoms with Gasteiger partial charge in [-0.25, -0.2) is 4.99 Å². The molecule has 0 spiro atoms. The molecule has 3 heterocycles. The highest BCUT2D eigenvalue weighted by molar-refractivity contribution is 6.32. The Hall–Kier alpha value is -3.57. The topological polar surface area (TPSA) is 102 Å². The smallest absolute Gasteiger partial charge is 0.163 e. The summed E-state index contributed by atoms with van der Waals surface area (Å²) in [6, 6.07) is 14.9. The van der Waals surface area contributed by atoms with Crippen molar-refractivity contribution in [2.24, 2.45) is 16.1 Å². The third-order valence-corrected chi connectivity index (χ3v) is 7.02. The van der Waals surface area contributed by atoms with Gasteiger partial charge in [-0.15, -0.1) is 0 Å². The molecule has 1 aromatic heterocycles. The molecule has 1 fully saturated rings. The van der Waals surface area contributed by atoms with Crippen LogP contribution in [-0.4, -0.2) is 36.4 Å². The molecule has 0 saturated carbocycles. The van der Waals surface area contributed by atoms with Crippen molar-refractivity contribution in [3.63, 3.8) is 0 Å². The van der Waals surface area contributed by atoms with Gasteiger partial charge in [-0.05, 0) is 63.3 Å². The first-order valence-electron chi connectivity index (χ1n) is 11.8. The molecule has 2 aliphatic rings. The molecule has 0 aliphatic carbocycles. The average molecular weight is 501 g/mol. The minimum atomic E-state index is -1.16. The fraction of sp³-hybridized carbons (Fsp3) is 0.286. The molecular formula is C28H29ClN6O. The first-order chi connectivity index (χ1) is 17.3. The Balaban J connectivity index is 1.42. The lowest BCUT2D eigenvalue weighted by Crippen LogP contribution is -2.39. The van der Waals surface area contributed by atoms with E-state index in [0.717, 1.165) is 47.6 Å². The largest absolute Gasteiger partial charge is 0.486 e. The number of nitrogens with zero attached hydrogens (tertiary/aromatic N) is 3. The van der Waals surface area contributed by atoms with Crippen LogP contribution < -0.4 is 21.5 Å². The van der Waals surface area contributed by atoms with Gasteiger partial charge in [0.2, 0.25) is 0 Å². The Kier molecular flexibility index (Phi) is 6.35. The predicted molar refractivity (Wildman–Crippen MR) is 145 cm³/mol. The van der Waals surface area contributed by atoms with Crippen LogP contribution in [0.3, 0.4) is 0 Å². The number of fused-ring (bicyclic) bond motifs is 1. The lowest BCUT2D eigenvalue weighted by atomic mass is 9.88. The average Bonchev–Trinajstić information content (AvgIpc) is 3.22. The van der Waals surface area contributed by atoms with Crippen LogP contribution in [0.5, 0.6) is 5.75 Å². The van der Waals surface area contributed by atoms with Crippen LogP contribution in [0.4, 0.5) is 11.4 Å². The van der Waals surface area contributed by atoms with Gasteiger partial charge in [-0.1, -0.05) is 35.6 Å². The fourth-order valence-electron chi connectivity index (χ4n) is 4.66. The second kappa shape index (κ2) is 9.47. The molecule has 184 valence electrons. The number of nitrogens with one attached hydrogen (secondary N) is 1. The Labute approximate surface area is 216 Å². The number of anilines is 2. The van der Waals surface area contributed by atoms with E-state index in [4.69, 9.17) is 27.8 Å². The number of likely N-dealkylation sites (tertiary alicyclic amines) is 1. The molecule has 7 nitrogen and oxygen atoms in total. The van der Waals surface area contributed by atoms with E-state index < -0.39 is 5.66 Å². The monoisotopic (exact) mass is 500 g/mol. The van der Waals surface area contributed by atoms with Crippen LogP contribution in [0.1, 0.15) is 35.7 Å². The number of ether oxygens (including phenoxy) is 1. The molecule has 0 bridgehead atoms. The van der Waals surface area contributed by atoms with Crippen molar-refractivity contribution < 1.29 is 4.74 Å². The summed E-state index contributed by atoms with van der Waals surface area (Å²) < 4.78 is 5.86. The molecule has 8 heteroatoms. The molecule has 2 unspecified atom stereocenters. The normalized spacial score (nSPS) is 22.9. The molecule has 2 aliphatic heterocycles. The minimum Gasteiger partial charge on any atom is -0.486 e. The second-order valence-corrected chi connectivity index (χ2v) is 10.1. The number of benzene rings is 2. The molecule has 2 atom stereocenters. The highest BCUT2D eigenvalue weighted by Gasteiger charge is 2.35. The molecule has 3 aromatic rings. The van der Waals surface area contributed by atoms with Gasteiger partial charge in [0.1, 0.15) is 12.4 Å². The Bertz CT molecular complexity index is 1380. The summed E-state index contributed by atoms with van der Waals surface area (Å²) >= 11 is 6.57. The Morgan fingerprint density at radius 2 is 2.08 bits per heavy atom. The molecule has 1 saturated heterocycles. The summed E-state index contributed by atoms with van der Waals surface area (Å²) in [5, 5.41) is 3.63. The number of halogens is 1. The number of aromatic nitrogens is 1. The molecule has 5 rings (SSSR count). The van der Waals surface area contributed by atoms with E-state index in [-0.39, 0.29) is 5.41 Å². The van der Waals surface area contributed by atoms with Crippen molar-refractivity contribution in [3.8, 4) is 17.6 Å². The first kappa shape index (κ1) is 24.1. The van der Waals surface area contributed by atoms with E-state index >= 15 is 0 Å². The summed E-state index contributed by atoms with van der Waals surface area (Å²) in [6.45, 7) is 4.51. The number of hydrogen-bond donors (Lipinski definition) is 3. The van der Waals surface area contributed by atoms with Crippen molar-refractivity contribution in [1.82, 2.24) is 9.88 Å². The third-order valence-electron chi connectivity index (χ3n) is 6.73. The molecular weight excluding hydrogens is 472 g/mol. The number of hydrogen-bond acceptors (Lipinski definition) is 7. The van der Waals surface area contributed by atoms with Gasteiger partial charge in [-0.3, -0.25) is 10.7 Å². The summed E-state index contributed by atoms with van der Waals surface area (Å²) in [5.74, 6) is 7.29. The van der Waals surface area contributed by atoms with Gasteiger partial charge in [0, 0.05) is 46.2 Å². The van der Waals surface area contributed by atoms with Crippen LogP contribution in [0.2, 0.25) is 5.02 Å². The molecule has 36 heavy (non-hydrogen) atoms. The van der Waals surface area contributed by atoms with E-state index in [2.05, 4.69) is 46.0 Å². The van der Waals surface area contributed by atoms with Gasteiger partial charge in [0.25, 0.3) is 0 Å². The number of aliphatic imine (C=N–C) groups is 1. The van der Waals surface area contributed by atoms with Gasteiger partial charge in [0.05, 0.1) is 17.1 Å². The van der Waals surface area contributed by atoms with Gasteiger partial charge < -0.3 is 20.7 Å². The molecule has 0 radical (unpaired) electrons. The maximum atomic E-state index is 6.86. The van der Waals surface area contributed by atoms with E-state index in [9.17, 15) is 0 Å². The highest BCUT2D eigenvalue weighted by atomic mass is 35.5. The maximum absolute atomic E-state index is 6.86. The SMILES string of the molecule is CN1CCC(C)(C#Cc2cc3c(cc2N)C(N)(c2ccc(OCc4ccccn4)c(Cl)c2)N=CN3)C1. The Morgan fingerprint density at radius 3 is 2.81 bits per heavy atom. The molecule has 0 amide bonds.